The number of benzene rings is 2. The number of aryl methyl sites for hydroxylation is 2. The summed E-state index contributed by atoms with van der Waals surface area (Å²) in [5.41, 5.74) is 3.60. The van der Waals surface area contributed by atoms with E-state index in [9.17, 15) is 14.7 Å². The van der Waals surface area contributed by atoms with Crippen LogP contribution in [0.5, 0.6) is 0 Å². The van der Waals surface area contributed by atoms with Crippen molar-refractivity contribution in [2.45, 2.75) is 19.9 Å². The van der Waals surface area contributed by atoms with Crippen LogP contribution in [0.15, 0.2) is 54.1 Å². The second kappa shape index (κ2) is 7.98. The monoisotopic (exact) mass is 378 g/mol. The number of Topliss-reactive ketones (excluding diaryl/α,β-unsaturated/α-hetero) is 1. The van der Waals surface area contributed by atoms with Gasteiger partial charge in [-0.3, -0.25) is 9.59 Å². The number of hydrogen-bond acceptors (Lipinski definition) is 4. The number of rotatable bonds is 5. The highest BCUT2D eigenvalue weighted by molar-refractivity contribution is 6.46. The van der Waals surface area contributed by atoms with Gasteiger partial charge in [-0.2, -0.15) is 0 Å². The number of likely N-dealkylation sites (N-methyl/N-ethyl adjacent to an activating group) is 1. The standard InChI is InChI=1S/C23H26N2O3/c1-15-8-10-17(11-9-15)21(26)19-20(18-7-5-6-16(2)14-18)25(13-12-24(3)4)23(28)22(19)27/h5-11,14,20,26H,12-13H2,1-4H3/b21-19-. The van der Waals surface area contributed by atoms with Crippen molar-refractivity contribution < 1.29 is 14.7 Å². The lowest BCUT2D eigenvalue weighted by atomic mass is 9.94. The first kappa shape index (κ1) is 19.8. The molecule has 0 saturated carbocycles. The molecule has 0 aromatic heterocycles. The largest absolute Gasteiger partial charge is 0.507 e. The Morgan fingerprint density at radius 2 is 1.71 bits per heavy atom. The van der Waals surface area contributed by atoms with E-state index in [4.69, 9.17) is 0 Å². The van der Waals surface area contributed by atoms with Crippen LogP contribution in [0.1, 0.15) is 28.3 Å². The minimum absolute atomic E-state index is 0.128. The first-order valence-electron chi connectivity index (χ1n) is 9.36. The summed E-state index contributed by atoms with van der Waals surface area (Å²) in [7, 11) is 3.84. The third kappa shape index (κ3) is 3.85. The molecule has 146 valence electrons. The Balaban J connectivity index is 2.14. The number of ketones is 1. The lowest BCUT2D eigenvalue weighted by Gasteiger charge is -2.26. The molecule has 1 saturated heterocycles. The van der Waals surface area contributed by atoms with E-state index in [1.807, 2.05) is 69.2 Å². The summed E-state index contributed by atoms with van der Waals surface area (Å²) in [6.07, 6.45) is 0. The average Bonchev–Trinajstić information content (AvgIpc) is 2.91. The molecule has 1 amide bonds. The van der Waals surface area contributed by atoms with Crippen molar-refractivity contribution in [1.82, 2.24) is 9.80 Å². The molecule has 1 atom stereocenters. The smallest absolute Gasteiger partial charge is 0.295 e. The van der Waals surface area contributed by atoms with Gasteiger partial charge in [-0.25, -0.2) is 0 Å². The Morgan fingerprint density at radius 3 is 2.32 bits per heavy atom. The summed E-state index contributed by atoms with van der Waals surface area (Å²) in [6.45, 7) is 4.95. The third-order valence-electron chi connectivity index (χ3n) is 5.01. The number of carbonyl (C=O) groups is 2. The van der Waals surface area contributed by atoms with Gasteiger partial charge in [-0.15, -0.1) is 0 Å². The van der Waals surface area contributed by atoms with Crippen molar-refractivity contribution in [3.05, 3.63) is 76.4 Å². The van der Waals surface area contributed by atoms with E-state index < -0.39 is 17.7 Å². The highest BCUT2D eigenvalue weighted by Crippen LogP contribution is 2.39. The normalized spacial score (nSPS) is 18.9. The Labute approximate surface area is 165 Å². The number of aliphatic hydroxyl groups excluding tert-OH is 1. The lowest BCUT2D eigenvalue weighted by molar-refractivity contribution is -0.140. The maximum absolute atomic E-state index is 12.9. The fourth-order valence-electron chi connectivity index (χ4n) is 3.47. The summed E-state index contributed by atoms with van der Waals surface area (Å²) in [6, 6.07) is 14.4. The molecule has 28 heavy (non-hydrogen) atoms. The van der Waals surface area contributed by atoms with Gasteiger partial charge in [-0.05, 0) is 33.5 Å². The molecule has 1 aliphatic rings. The topological polar surface area (TPSA) is 60.9 Å². The van der Waals surface area contributed by atoms with E-state index in [0.717, 1.165) is 16.7 Å². The van der Waals surface area contributed by atoms with Crippen molar-refractivity contribution in [1.29, 1.82) is 0 Å². The maximum atomic E-state index is 12.9. The van der Waals surface area contributed by atoms with Gasteiger partial charge in [0, 0.05) is 18.7 Å². The number of likely N-dealkylation sites (tertiary alicyclic amines) is 1. The third-order valence-corrected chi connectivity index (χ3v) is 5.01. The summed E-state index contributed by atoms with van der Waals surface area (Å²) in [5.74, 6) is -1.33. The molecule has 3 rings (SSSR count). The first-order chi connectivity index (χ1) is 13.3. The predicted molar refractivity (Wildman–Crippen MR) is 110 cm³/mol. The van der Waals surface area contributed by atoms with Crippen LogP contribution in [0.2, 0.25) is 0 Å². The summed E-state index contributed by atoms with van der Waals surface area (Å²) in [5, 5.41) is 11.0. The van der Waals surface area contributed by atoms with Crippen LogP contribution < -0.4 is 0 Å². The van der Waals surface area contributed by atoms with Crippen molar-refractivity contribution in [3.63, 3.8) is 0 Å². The fraction of sp³-hybridized carbons (Fsp3) is 0.304. The summed E-state index contributed by atoms with van der Waals surface area (Å²) < 4.78 is 0. The van der Waals surface area contributed by atoms with Gasteiger partial charge < -0.3 is 14.9 Å². The van der Waals surface area contributed by atoms with Gasteiger partial charge in [0.2, 0.25) is 0 Å². The second-order valence-electron chi connectivity index (χ2n) is 7.58. The summed E-state index contributed by atoms with van der Waals surface area (Å²) >= 11 is 0. The summed E-state index contributed by atoms with van der Waals surface area (Å²) in [4.78, 5) is 29.2. The SMILES string of the molecule is Cc1ccc(/C(O)=C2/C(=O)C(=O)N(CCN(C)C)C2c2cccc(C)c2)cc1. The van der Waals surface area contributed by atoms with Gasteiger partial charge in [0.15, 0.2) is 0 Å². The fourth-order valence-corrected chi connectivity index (χ4v) is 3.47. The zero-order chi connectivity index (χ0) is 20.4. The molecular weight excluding hydrogens is 352 g/mol. The van der Waals surface area contributed by atoms with E-state index in [0.29, 0.717) is 18.7 Å². The molecule has 0 bridgehead atoms. The molecule has 1 aliphatic heterocycles. The van der Waals surface area contributed by atoms with Crippen molar-refractivity contribution >= 4 is 17.4 Å². The van der Waals surface area contributed by atoms with E-state index >= 15 is 0 Å². The number of amides is 1. The Kier molecular flexibility index (Phi) is 5.66. The van der Waals surface area contributed by atoms with Crippen molar-refractivity contribution in [3.8, 4) is 0 Å². The first-order valence-corrected chi connectivity index (χ1v) is 9.36. The Bertz CT molecular complexity index is 929. The molecule has 1 unspecified atom stereocenters. The molecule has 1 N–H and O–H groups in total. The molecule has 2 aromatic rings. The Morgan fingerprint density at radius 1 is 1.04 bits per heavy atom. The van der Waals surface area contributed by atoms with E-state index in [1.54, 1.807) is 17.0 Å². The van der Waals surface area contributed by atoms with Crippen LogP contribution in [0.25, 0.3) is 5.76 Å². The van der Waals surface area contributed by atoms with Crippen LogP contribution in [-0.2, 0) is 9.59 Å². The molecule has 0 radical (unpaired) electrons. The number of nitrogens with zero attached hydrogens (tertiary/aromatic N) is 2. The van der Waals surface area contributed by atoms with Gasteiger partial charge in [0.05, 0.1) is 11.6 Å². The maximum Gasteiger partial charge on any atom is 0.295 e. The van der Waals surface area contributed by atoms with Crippen LogP contribution in [0.3, 0.4) is 0 Å². The number of aliphatic hydroxyl groups is 1. The van der Waals surface area contributed by atoms with Gasteiger partial charge in [0.1, 0.15) is 5.76 Å². The highest BCUT2D eigenvalue weighted by Gasteiger charge is 2.45. The molecule has 2 aromatic carbocycles. The molecule has 5 heteroatoms. The van der Waals surface area contributed by atoms with Crippen molar-refractivity contribution in [2.75, 3.05) is 27.2 Å². The molecule has 5 nitrogen and oxygen atoms in total. The van der Waals surface area contributed by atoms with E-state index in [2.05, 4.69) is 0 Å². The number of hydrogen-bond donors (Lipinski definition) is 1. The molecule has 0 aliphatic carbocycles. The van der Waals surface area contributed by atoms with Gasteiger partial charge in [0.25, 0.3) is 11.7 Å². The van der Waals surface area contributed by atoms with E-state index in [-0.39, 0.29) is 11.3 Å². The average molecular weight is 378 g/mol. The van der Waals surface area contributed by atoms with Crippen LogP contribution >= 0.6 is 0 Å². The number of carbonyl (C=O) groups excluding carboxylic acids is 2. The zero-order valence-corrected chi connectivity index (χ0v) is 16.8. The van der Waals surface area contributed by atoms with E-state index in [1.165, 1.54) is 0 Å². The molecular formula is C23H26N2O3. The quantitative estimate of drug-likeness (QED) is 0.493. The van der Waals surface area contributed by atoms with Gasteiger partial charge >= 0.3 is 0 Å². The highest BCUT2D eigenvalue weighted by atomic mass is 16.3. The van der Waals surface area contributed by atoms with Crippen LogP contribution in [-0.4, -0.2) is 53.8 Å². The molecule has 1 heterocycles. The second-order valence-corrected chi connectivity index (χ2v) is 7.58. The Hall–Kier alpha value is -2.92. The lowest BCUT2D eigenvalue weighted by Crippen LogP contribution is -2.35. The minimum atomic E-state index is -0.636. The van der Waals surface area contributed by atoms with Crippen molar-refractivity contribution in [2.24, 2.45) is 0 Å². The predicted octanol–water partition coefficient (Wildman–Crippen LogP) is 3.29. The van der Waals surface area contributed by atoms with Gasteiger partial charge in [-0.1, -0.05) is 59.7 Å². The molecule has 0 spiro atoms. The van der Waals surface area contributed by atoms with Crippen LogP contribution in [0, 0.1) is 13.8 Å². The molecule has 1 fully saturated rings. The van der Waals surface area contributed by atoms with Crippen LogP contribution in [0.4, 0.5) is 0 Å². The minimum Gasteiger partial charge on any atom is -0.507 e. The zero-order valence-electron chi connectivity index (χ0n) is 16.8.